The second-order valence-corrected chi connectivity index (χ2v) is 10.4. The molecular formula is C30H24N2O8. The largest absolute Gasteiger partial charge is 0.507 e. The number of carbonyl (C=O) groups is 4. The molecule has 202 valence electrons. The number of nitro benzene ring substituents is 1. The van der Waals surface area contributed by atoms with Gasteiger partial charge in [-0.25, -0.2) is 0 Å². The van der Waals surface area contributed by atoms with Crippen LogP contribution in [0.4, 0.5) is 11.4 Å². The van der Waals surface area contributed by atoms with Gasteiger partial charge in [-0.15, -0.1) is 0 Å². The minimum Gasteiger partial charge on any atom is -0.507 e. The van der Waals surface area contributed by atoms with Crippen molar-refractivity contribution in [2.24, 2.45) is 17.8 Å². The molecule has 0 saturated carbocycles. The molecule has 1 saturated heterocycles. The number of amides is 2. The average Bonchev–Trinajstić information content (AvgIpc) is 3.20. The van der Waals surface area contributed by atoms with E-state index in [-0.39, 0.29) is 52.7 Å². The van der Waals surface area contributed by atoms with E-state index in [1.54, 1.807) is 19.1 Å². The second-order valence-electron chi connectivity index (χ2n) is 10.4. The first-order valence-corrected chi connectivity index (χ1v) is 12.8. The number of carbonyl (C=O) groups excluding carboxylic acids is 4. The number of phenols is 1. The number of hydrogen-bond donors (Lipinski definition) is 1. The number of benzene rings is 2. The monoisotopic (exact) mass is 540 g/mol. The molecule has 1 heterocycles. The third-order valence-electron chi connectivity index (χ3n) is 8.43. The molecule has 10 nitrogen and oxygen atoms in total. The van der Waals surface area contributed by atoms with Crippen molar-refractivity contribution in [2.45, 2.75) is 25.7 Å². The molecule has 4 atom stereocenters. The molecule has 6 rings (SSSR count). The number of allylic oxidation sites excluding steroid dienone is 6. The summed E-state index contributed by atoms with van der Waals surface area (Å²) in [5, 5.41) is 22.1. The molecule has 0 spiro atoms. The lowest BCUT2D eigenvalue weighted by atomic mass is 9.59. The van der Waals surface area contributed by atoms with Crippen LogP contribution in [0.15, 0.2) is 76.9 Å². The molecule has 2 amide bonds. The van der Waals surface area contributed by atoms with Gasteiger partial charge in [0.15, 0.2) is 11.6 Å². The topological polar surface area (TPSA) is 144 Å². The molecule has 2 aromatic rings. The van der Waals surface area contributed by atoms with Crippen molar-refractivity contribution in [1.82, 2.24) is 0 Å². The van der Waals surface area contributed by atoms with Crippen molar-refractivity contribution in [1.29, 1.82) is 0 Å². The van der Waals surface area contributed by atoms with E-state index in [2.05, 4.69) is 0 Å². The predicted octanol–water partition coefficient (Wildman–Crippen LogP) is 3.94. The highest BCUT2D eigenvalue weighted by Crippen LogP contribution is 2.56. The van der Waals surface area contributed by atoms with E-state index in [0.717, 1.165) is 4.90 Å². The molecule has 1 aliphatic heterocycles. The Morgan fingerprint density at radius 2 is 1.75 bits per heavy atom. The highest BCUT2D eigenvalue weighted by molar-refractivity contribution is 6.25. The molecule has 0 unspecified atom stereocenters. The Balaban J connectivity index is 1.46. The van der Waals surface area contributed by atoms with Gasteiger partial charge in [0, 0.05) is 46.4 Å². The Morgan fingerprint density at radius 1 is 1.02 bits per heavy atom. The standard InChI is InChI=1S/C30H24N2O8/c1-14-11-23(33)22-13-21-18(25(27(22)28(14)35)19-8-7-17(40-2)12-24(19)34)9-10-20-26(21)30(37)31(29(20)36)15-3-5-16(6-4-15)32(38)39/h3-9,11-12,20-21,25-26,34H,10,13H2,1-2H3/t20-,21+,25+,26-/m0/s1. The van der Waals surface area contributed by atoms with Crippen molar-refractivity contribution >= 4 is 34.8 Å². The Bertz CT molecular complexity index is 1630. The molecule has 3 aliphatic carbocycles. The summed E-state index contributed by atoms with van der Waals surface area (Å²) in [4.78, 5) is 65.7. The number of ether oxygens (including phenoxy) is 1. The lowest BCUT2D eigenvalue weighted by Gasteiger charge is -2.42. The SMILES string of the molecule is COc1ccc([C@H]2C3=CC[C@@H]4C(=O)N(c5ccc([N+](=O)[O-])cc5)C(=O)[C@@H]4[C@@H]3CC3=C2C(=O)C(C)=CC3=O)c(O)c1. The van der Waals surface area contributed by atoms with E-state index in [4.69, 9.17) is 4.74 Å². The number of fused-ring (bicyclic) bond motifs is 3. The minimum absolute atomic E-state index is 0.108. The smallest absolute Gasteiger partial charge is 0.269 e. The maximum atomic E-state index is 13.9. The van der Waals surface area contributed by atoms with Crippen molar-refractivity contribution in [3.8, 4) is 11.5 Å². The Morgan fingerprint density at radius 3 is 2.40 bits per heavy atom. The number of nitrogens with zero attached hydrogens (tertiary/aromatic N) is 2. The fourth-order valence-corrected chi connectivity index (χ4v) is 6.59. The Labute approximate surface area is 228 Å². The normalized spacial score (nSPS) is 25.7. The van der Waals surface area contributed by atoms with E-state index >= 15 is 0 Å². The number of Topliss-reactive ketones (excluding diaryl/α,β-unsaturated/α-hetero) is 1. The first kappa shape index (κ1) is 25.4. The molecule has 40 heavy (non-hydrogen) atoms. The van der Waals surface area contributed by atoms with Crippen LogP contribution in [-0.4, -0.2) is 40.5 Å². The molecule has 10 heteroatoms. The average molecular weight is 541 g/mol. The number of non-ortho nitro benzene ring substituents is 1. The summed E-state index contributed by atoms with van der Waals surface area (Å²) in [7, 11) is 1.46. The Hall–Kier alpha value is -4.86. The second kappa shape index (κ2) is 9.11. The zero-order valence-corrected chi connectivity index (χ0v) is 21.6. The van der Waals surface area contributed by atoms with Crippen molar-refractivity contribution in [3.05, 3.63) is 92.6 Å². The number of phenolic OH excluding ortho intramolecular Hbond substituents is 1. The predicted molar refractivity (Wildman–Crippen MR) is 142 cm³/mol. The quantitative estimate of drug-likeness (QED) is 0.202. The zero-order chi connectivity index (χ0) is 28.5. The highest BCUT2D eigenvalue weighted by atomic mass is 16.6. The number of hydrogen-bond acceptors (Lipinski definition) is 8. The summed E-state index contributed by atoms with van der Waals surface area (Å²) in [6.07, 6.45) is 3.50. The van der Waals surface area contributed by atoms with Gasteiger partial charge in [-0.2, -0.15) is 0 Å². The third kappa shape index (κ3) is 3.63. The van der Waals surface area contributed by atoms with Crippen LogP contribution in [0.5, 0.6) is 11.5 Å². The van der Waals surface area contributed by atoms with Gasteiger partial charge in [0.2, 0.25) is 11.8 Å². The summed E-state index contributed by atoms with van der Waals surface area (Å²) in [6, 6.07) is 9.96. The van der Waals surface area contributed by atoms with Crippen LogP contribution < -0.4 is 9.64 Å². The number of rotatable bonds is 4. The zero-order valence-electron chi connectivity index (χ0n) is 21.6. The maximum absolute atomic E-state index is 13.9. The van der Waals surface area contributed by atoms with Crippen molar-refractivity contribution < 1.29 is 33.9 Å². The number of imide groups is 1. The van der Waals surface area contributed by atoms with E-state index < -0.39 is 40.4 Å². The van der Waals surface area contributed by atoms with Gasteiger partial charge in [-0.05, 0) is 50.0 Å². The van der Waals surface area contributed by atoms with Crippen molar-refractivity contribution in [3.63, 3.8) is 0 Å². The molecule has 4 aliphatic rings. The van der Waals surface area contributed by atoms with Crippen LogP contribution in [0, 0.1) is 27.9 Å². The molecule has 1 fully saturated rings. The van der Waals surface area contributed by atoms with Crippen molar-refractivity contribution in [2.75, 3.05) is 12.0 Å². The molecule has 0 radical (unpaired) electrons. The van der Waals surface area contributed by atoms with E-state index in [1.165, 1.54) is 43.5 Å². The highest BCUT2D eigenvalue weighted by Gasteiger charge is 2.56. The maximum Gasteiger partial charge on any atom is 0.269 e. The summed E-state index contributed by atoms with van der Waals surface area (Å²) in [5.74, 6) is -4.01. The number of anilines is 1. The van der Waals surface area contributed by atoms with Crippen LogP contribution in [-0.2, 0) is 19.2 Å². The van der Waals surface area contributed by atoms with Crippen LogP contribution in [0.2, 0.25) is 0 Å². The molecular weight excluding hydrogens is 516 g/mol. The van der Waals surface area contributed by atoms with Gasteiger partial charge in [-0.1, -0.05) is 17.7 Å². The van der Waals surface area contributed by atoms with E-state index in [9.17, 15) is 34.4 Å². The molecule has 2 aromatic carbocycles. The van der Waals surface area contributed by atoms with E-state index in [0.29, 0.717) is 22.5 Å². The number of aromatic hydroxyl groups is 1. The first-order valence-electron chi connectivity index (χ1n) is 12.8. The van der Waals surface area contributed by atoms with Crippen LogP contribution >= 0.6 is 0 Å². The number of nitro groups is 1. The fourth-order valence-electron chi connectivity index (χ4n) is 6.59. The summed E-state index contributed by atoms with van der Waals surface area (Å²) in [6.45, 7) is 1.58. The third-order valence-corrected chi connectivity index (χ3v) is 8.43. The Kier molecular flexibility index (Phi) is 5.79. The van der Waals surface area contributed by atoms with Gasteiger partial charge in [0.05, 0.1) is 29.6 Å². The summed E-state index contributed by atoms with van der Waals surface area (Å²) in [5.41, 5.74) is 2.06. The summed E-state index contributed by atoms with van der Waals surface area (Å²) >= 11 is 0. The van der Waals surface area contributed by atoms with Crippen LogP contribution in [0.25, 0.3) is 0 Å². The van der Waals surface area contributed by atoms with Gasteiger partial charge in [0.1, 0.15) is 11.5 Å². The summed E-state index contributed by atoms with van der Waals surface area (Å²) < 4.78 is 5.22. The number of methoxy groups -OCH3 is 1. The van der Waals surface area contributed by atoms with Crippen LogP contribution in [0.3, 0.4) is 0 Å². The molecule has 0 aromatic heterocycles. The van der Waals surface area contributed by atoms with Crippen LogP contribution in [0.1, 0.15) is 31.2 Å². The van der Waals surface area contributed by atoms with E-state index in [1.807, 2.05) is 6.08 Å². The van der Waals surface area contributed by atoms with Gasteiger partial charge >= 0.3 is 0 Å². The molecule has 1 N–H and O–H groups in total. The van der Waals surface area contributed by atoms with Gasteiger partial charge < -0.3 is 9.84 Å². The lowest BCUT2D eigenvalue weighted by Crippen LogP contribution is -2.39. The van der Waals surface area contributed by atoms with Gasteiger partial charge in [-0.3, -0.25) is 34.2 Å². The first-order chi connectivity index (χ1) is 19.1. The molecule has 0 bridgehead atoms. The van der Waals surface area contributed by atoms with Gasteiger partial charge in [0.25, 0.3) is 5.69 Å². The fraction of sp³-hybridized carbons (Fsp3) is 0.267. The minimum atomic E-state index is -0.797. The number of ketones is 2. The lowest BCUT2D eigenvalue weighted by molar-refractivity contribution is -0.384.